The summed E-state index contributed by atoms with van der Waals surface area (Å²) in [5.41, 5.74) is 3.46. The van der Waals surface area contributed by atoms with Gasteiger partial charge in [0.15, 0.2) is 0 Å². The smallest absolute Gasteiger partial charge is 1.00 e. The van der Waals surface area contributed by atoms with E-state index in [1.54, 1.807) is 0 Å². The number of hydrogen-bond donors (Lipinski definition) is 2. The van der Waals surface area contributed by atoms with Crippen LogP contribution in [0.4, 0.5) is 0 Å². The summed E-state index contributed by atoms with van der Waals surface area (Å²) in [6, 6.07) is 12.9. The van der Waals surface area contributed by atoms with Gasteiger partial charge in [0.2, 0.25) is 0 Å². The van der Waals surface area contributed by atoms with Gasteiger partial charge < -0.3 is 17.0 Å². The van der Waals surface area contributed by atoms with Gasteiger partial charge in [0.05, 0.1) is 0 Å². The third-order valence-electron chi connectivity index (χ3n) is 6.72. The van der Waals surface area contributed by atoms with E-state index < -0.39 is 0 Å². The first-order valence-electron chi connectivity index (χ1n) is 12.0. The Kier molecular flexibility index (Phi) is 8.05. The number of fused-ring (bicyclic) bond motifs is 1. The second-order valence-corrected chi connectivity index (χ2v) is 12.7. The molecular formula is C28H38BrCoN2O2+. The van der Waals surface area contributed by atoms with Crippen molar-refractivity contribution in [1.82, 2.24) is 0 Å². The van der Waals surface area contributed by atoms with Crippen molar-refractivity contribution in [3.05, 3.63) is 58.7 Å². The van der Waals surface area contributed by atoms with Crippen LogP contribution in [0.25, 0.3) is 0 Å². The quantitative estimate of drug-likeness (QED) is 0.581. The largest absolute Gasteiger partial charge is 1.00 e. The van der Waals surface area contributed by atoms with Gasteiger partial charge >= 0.3 is 205 Å². The number of halogens is 1. The Bertz CT molecular complexity index is 1020. The molecule has 2 fully saturated rings. The van der Waals surface area contributed by atoms with Crippen molar-refractivity contribution in [3.63, 3.8) is 0 Å². The molecule has 0 radical (unpaired) electrons. The third-order valence-corrected chi connectivity index (χ3v) is 8.16. The number of rotatable bonds is 2. The Hall–Kier alpha value is -1.63. The number of phenols is 2. The molecule has 1 aliphatic carbocycles. The van der Waals surface area contributed by atoms with Crippen LogP contribution in [0.2, 0.25) is 0 Å². The minimum absolute atomic E-state index is 0. The summed E-state index contributed by atoms with van der Waals surface area (Å²) in [6.07, 6.45) is 9.01. The fourth-order valence-electron chi connectivity index (χ4n) is 4.85. The fourth-order valence-corrected chi connectivity index (χ4v) is 6.48. The van der Waals surface area contributed by atoms with E-state index in [1.807, 2.05) is 36.4 Å². The second kappa shape index (κ2) is 10.2. The fraction of sp³-hybridized carbons (Fsp3) is 0.500. The Morgan fingerprint density at radius 3 is 1.47 bits per heavy atom. The van der Waals surface area contributed by atoms with E-state index in [0.29, 0.717) is 23.6 Å². The van der Waals surface area contributed by atoms with Crippen molar-refractivity contribution < 1.29 is 49.6 Å². The van der Waals surface area contributed by atoms with Crippen molar-refractivity contribution in [2.24, 2.45) is 0 Å². The average Bonchev–Trinajstić information content (AvgIpc) is 3.07. The average molecular weight is 573 g/mol. The summed E-state index contributed by atoms with van der Waals surface area (Å²) in [6.45, 7) is 12.8. The van der Waals surface area contributed by atoms with Gasteiger partial charge in [-0.3, -0.25) is 0 Å². The maximum absolute atomic E-state index is 11.0. The molecule has 0 aromatic heterocycles. The number of hydrogen-bond acceptors (Lipinski definition) is 2. The zero-order chi connectivity index (χ0) is 24.0. The van der Waals surface area contributed by atoms with Crippen LogP contribution in [0, 0.1) is 0 Å². The molecule has 4 nitrogen and oxygen atoms in total. The summed E-state index contributed by atoms with van der Waals surface area (Å²) in [5.74, 6) is 0.759. The molecule has 1 heterocycles. The van der Waals surface area contributed by atoms with Crippen LogP contribution in [-0.4, -0.2) is 42.0 Å². The first-order chi connectivity index (χ1) is 15.5. The van der Waals surface area contributed by atoms with Gasteiger partial charge in [0.1, 0.15) is 0 Å². The number of para-hydroxylation sites is 2. The second-order valence-electron chi connectivity index (χ2n) is 11.4. The van der Waals surface area contributed by atoms with Gasteiger partial charge in [-0.15, -0.1) is 0 Å². The van der Waals surface area contributed by atoms with Crippen molar-refractivity contribution in [2.45, 2.75) is 90.1 Å². The Balaban J connectivity index is 0.00000324. The normalized spacial score (nSPS) is 23.4. The van der Waals surface area contributed by atoms with Crippen molar-refractivity contribution in [3.8, 4) is 11.5 Å². The third kappa shape index (κ3) is 5.44. The Morgan fingerprint density at radius 1 is 0.735 bits per heavy atom. The van der Waals surface area contributed by atoms with Crippen LogP contribution < -0.4 is 17.0 Å². The predicted molar refractivity (Wildman–Crippen MR) is 131 cm³/mol. The van der Waals surface area contributed by atoms with Gasteiger partial charge in [-0.25, -0.2) is 0 Å². The standard InChI is InChI=1S/C28H38N2O2.BrH.Co/c1-27(2,3)21-13-9-11-19(25(21)31)17-29-23-15-7-8-16-24(23)30-18-20-12-10-14-22(26(20)32)28(4,5)6;;/h9-14,17-18,23-24,31-32H,7-8,15-16H2,1-6H3;1H;/q;;+2/p-1/t23-,24-;;/m1../s1. The molecule has 2 atom stereocenters. The van der Waals surface area contributed by atoms with Crippen LogP contribution in [0.5, 0.6) is 11.5 Å². The number of benzene rings is 2. The molecule has 1 aliphatic heterocycles. The molecule has 187 valence electrons. The van der Waals surface area contributed by atoms with Crippen LogP contribution in [0.1, 0.15) is 89.5 Å². The van der Waals surface area contributed by atoms with Crippen molar-refractivity contribution >= 4 is 12.4 Å². The zero-order valence-corrected chi connectivity index (χ0v) is 23.7. The van der Waals surface area contributed by atoms with Gasteiger partial charge in [0, 0.05) is 0 Å². The van der Waals surface area contributed by atoms with E-state index in [4.69, 9.17) is 0 Å². The Morgan fingerprint density at radius 2 is 1.12 bits per heavy atom. The number of aromatic hydroxyl groups is 2. The van der Waals surface area contributed by atoms with Crippen LogP contribution in [-0.2, 0) is 26.0 Å². The molecular weight excluding hydrogens is 535 g/mol. The maximum atomic E-state index is 11.0. The van der Waals surface area contributed by atoms with Gasteiger partial charge in [-0.05, 0) is 0 Å². The molecule has 0 amide bonds. The topological polar surface area (TPSA) is 46.5 Å². The molecule has 6 heteroatoms. The number of phenolic OH excluding ortho intramolecular Hbond substituents is 2. The van der Waals surface area contributed by atoms with E-state index in [-0.39, 0.29) is 27.8 Å². The molecule has 1 saturated carbocycles. The minimum Gasteiger partial charge on any atom is -1.00 e. The molecule has 0 spiro atoms. The molecule has 2 aromatic carbocycles. The van der Waals surface area contributed by atoms with Crippen LogP contribution >= 0.6 is 0 Å². The molecule has 1 saturated heterocycles. The van der Waals surface area contributed by atoms with E-state index >= 15 is 0 Å². The van der Waals surface area contributed by atoms with E-state index in [1.165, 1.54) is 12.8 Å². The summed E-state index contributed by atoms with van der Waals surface area (Å²) < 4.78 is 4.73. The summed E-state index contributed by atoms with van der Waals surface area (Å²) >= 11 is 1.10. The van der Waals surface area contributed by atoms with Crippen LogP contribution in [0.15, 0.2) is 36.4 Å². The van der Waals surface area contributed by atoms with E-state index in [0.717, 1.165) is 50.2 Å². The van der Waals surface area contributed by atoms with Gasteiger partial charge in [0.25, 0.3) is 0 Å². The summed E-state index contributed by atoms with van der Waals surface area (Å²) in [4.78, 5) is 0. The van der Waals surface area contributed by atoms with Crippen molar-refractivity contribution in [2.75, 3.05) is 0 Å². The molecule has 2 aliphatic rings. The first kappa shape index (κ1) is 27.0. The predicted octanol–water partition coefficient (Wildman–Crippen LogP) is 2.50. The zero-order valence-electron chi connectivity index (χ0n) is 21.1. The van der Waals surface area contributed by atoms with Gasteiger partial charge in [-0.1, -0.05) is 0 Å². The van der Waals surface area contributed by atoms with Crippen LogP contribution in [0.3, 0.4) is 0 Å². The molecule has 2 N–H and O–H groups in total. The minimum atomic E-state index is -0.112. The number of nitrogens with zero attached hydrogens (tertiary/aromatic N) is 2. The van der Waals surface area contributed by atoms with E-state index in [2.05, 4.69) is 61.2 Å². The maximum Gasteiger partial charge on any atom is -1.00 e. The summed E-state index contributed by atoms with van der Waals surface area (Å²) in [5, 5.41) is 22.0. The van der Waals surface area contributed by atoms with Gasteiger partial charge in [-0.2, -0.15) is 0 Å². The SMILES string of the molecule is CC(C)(C)c1cccc(C=[N+]2[Co][N+](=Cc3cccc(C(C)(C)C)c3O)[C@@H]3CCCC[C@H]32)c1O.[Br-]. The molecule has 0 unspecified atom stereocenters. The van der Waals surface area contributed by atoms with E-state index in [9.17, 15) is 10.2 Å². The Labute approximate surface area is 221 Å². The molecule has 0 bridgehead atoms. The molecule has 2 aromatic rings. The summed E-state index contributed by atoms with van der Waals surface area (Å²) in [7, 11) is 0. The molecule has 34 heavy (non-hydrogen) atoms. The monoisotopic (exact) mass is 572 g/mol. The first-order valence-corrected chi connectivity index (χ1v) is 12.9. The molecule has 4 rings (SSSR count). The van der Waals surface area contributed by atoms with Crippen molar-refractivity contribution in [1.29, 1.82) is 0 Å².